The number of ether oxygens (including phenoxy) is 3. The third kappa shape index (κ3) is 1.49. The monoisotopic (exact) mass is 186 g/mol. The molecular formula is C10H18O3. The van der Waals surface area contributed by atoms with Gasteiger partial charge in [-0.3, -0.25) is 0 Å². The average molecular weight is 186 g/mol. The predicted molar refractivity (Wildman–Crippen MR) is 48.6 cm³/mol. The van der Waals surface area contributed by atoms with Gasteiger partial charge in [-0.2, -0.15) is 0 Å². The molecule has 76 valence electrons. The van der Waals surface area contributed by atoms with Crippen molar-refractivity contribution >= 4 is 0 Å². The van der Waals surface area contributed by atoms with Gasteiger partial charge in [0.2, 0.25) is 0 Å². The summed E-state index contributed by atoms with van der Waals surface area (Å²) in [5.41, 5.74) is 0. The van der Waals surface area contributed by atoms with Crippen molar-refractivity contribution in [3.05, 3.63) is 0 Å². The van der Waals surface area contributed by atoms with Gasteiger partial charge in [0, 0.05) is 13.0 Å². The van der Waals surface area contributed by atoms with Crippen LogP contribution in [0.15, 0.2) is 0 Å². The lowest BCUT2D eigenvalue weighted by molar-refractivity contribution is -0.0104. The van der Waals surface area contributed by atoms with E-state index in [0.29, 0.717) is 18.4 Å². The van der Waals surface area contributed by atoms with Crippen LogP contribution in [-0.4, -0.2) is 38.6 Å². The molecule has 0 aliphatic carbocycles. The van der Waals surface area contributed by atoms with E-state index in [1.54, 1.807) is 7.11 Å². The molecule has 0 saturated carbocycles. The molecule has 0 amide bonds. The van der Waals surface area contributed by atoms with Gasteiger partial charge < -0.3 is 14.2 Å². The molecule has 2 rings (SSSR count). The van der Waals surface area contributed by atoms with Crippen LogP contribution in [0, 0.1) is 11.8 Å². The molecule has 4 atom stereocenters. The standard InChI is InChI=1S/C10H18O3/c1-6(2)7-4-12-10-8(11-3)5-13-9(7)10/h6-10H,4-5H2,1-3H3. The normalized spacial score (nSPS) is 44.3. The summed E-state index contributed by atoms with van der Waals surface area (Å²) in [7, 11) is 1.72. The largest absolute Gasteiger partial charge is 0.376 e. The van der Waals surface area contributed by atoms with Gasteiger partial charge in [-0.15, -0.1) is 0 Å². The van der Waals surface area contributed by atoms with Crippen LogP contribution in [0.4, 0.5) is 0 Å². The van der Waals surface area contributed by atoms with Crippen molar-refractivity contribution in [1.82, 2.24) is 0 Å². The third-order valence-corrected chi connectivity index (χ3v) is 3.21. The zero-order chi connectivity index (χ0) is 9.42. The summed E-state index contributed by atoms with van der Waals surface area (Å²) in [5.74, 6) is 1.18. The molecule has 0 radical (unpaired) electrons. The minimum absolute atomic E-state index is 0.147. The molecule has 0 N–H and O–H groups in total. The fourth-order valence-corrected chi connectivity index (χ4v) is 2.27. The summed E-state index contributed by atoms with van der Waals surface area (Å²) >= 11 is 0. The first kappa shape index (κ1) is 9.44. The molecule has 2 saturated heterocycles. The van der Waals surface area contributed by atoms with Crippen LogP contribution in [0.25, 0.3) is 0 Å². The van der Waals surface area contributed by atoms with Crippen molar-refractivity contribution < 1.29 is 14.2 Å². The van der Waals surface area contributed by atoms with Crippen LogP contribution >= 0.6 is 0 Å². The molecule has 13 heavy (non-hydrogen) atoms. The first-order valence-corrected chi connectivity index (χ1v) is 5.00. The summed E-state index contributed by atoms with van der Waals surface area (Å²) in [6.07, 6.45) is 0.594. The maximum Gasteiger partial charge on any atom is 0.112 e. The first-order valence-electron chi connectivity index (χ1n) is 5.00. The van der Waals surface area contributed by atoms with Gasteiger partial charge in [-0.25, -0.2) is 0 Å². The van der Waals surface area contributed by atoms with Crippen molar-refractivity contribution in [3.63, 3.8) is 0 Å². The van der Waals surface area contributed by atoms with Gasteiger partial charge >= 0.3 is 0 Å². The summed E-state index contributed by atoms with van der Waals surface area (Å²) in [6, 6.07) is 0. The molecular weight excluding hydrogens is 168 g/mol. The Morgan fingerprint density at radius 3 is 2.46 bits per heavy atom. The molecule has 2 aliphatic rings. The second-order valence-electron chi connectivity index (χ2n) is 4.28. The zero-order valence-corrected chi connectivity index (χ0v) is 8.53. The molecule has 0 aromatic heterocycles. The lowest BCUT2D eigenvalue weighted by Crippen LogP contribution is -2.31. The Hall–Kier alpha value is -0.120. The molecule has 2 fully saturated rings. The average Bonchev–Trinajstić information content (AvgIpc) is 2.61. The van der Waals surface area contributed by atoms with E-state index in [9.17, 15) is 0 Å². The van der Waals surface area contributed by atoms with E-state index < -0.39 is 0 Å². The Balaban J connectivity index is 2.03. The van der Waals surface area contributed by atoms with Crippen molar-refractivity contribution in [2.75, 3.05) is 20.3 Å². The van der Waals surface area contributed by atoms with Gasteiger partial charge in [0.05, 0.1) is 19.3 Å². The van der Waals surface area contributed by atoms with E-state index in [1.807, 2.05) is 0 Å². The summed E-state index contributed by atoms with van der Waals surface area (Å²) in [5, 5.41) is 0. The van der Waals surface area contributed by atoms with Crippen molar-refractivity contribution in [2.45, 2.75) is 32.2 Å². The smallest absolute Gasteiger partial charge is 0.112 e. The quantitative estimate of drug-likeness (QED) is 0.645. The van der Waals surface area contributed by atoms with E-state index in [2.05, 4.69) is 13.8 Å². The fraction of sp³-hybridized carbons (Fsp3) is 1.00. The first-order chi connectivity index (χ1) is 6.24. The summed E-state index contributed by atoms with van der Waals surface area (Å²) in [6.45, 7) is 5.96. The Bertz CT molecular complexity index is 181. The molecule has 2 heterocycles. The Labute approximate surface area is 79.4 Å². The highest BCUT2D eigenvalue weighted by atomic mass is 16.6. The van der Waals surface area contributed by atoms with Crippen molar-refractivity contribution in [3.8, 4) is 0 Å². The number of methoxy groups -OCH3 is 1. The highest BCUT2D eigenvalue weighted by Crippen LogP contribution is 2.35. The minimum atomic E-state index is 0.147. The maximum atomic E-state index is 5.70. The van der Waals surface area contributed by atoms with E-state index in [1.165, 1.54) is 0 Å². The molecule has 0 aromatic carbocycles. The summed E-state index contributed by atoms with van der Waals surface area (Å²) < 4.78 is 16.7. The number of fused-ring (bicyclic) bond motifs is 1. The van der Waals surface area contributed by atoms with Crippen molar-refractivity contribution in [2.24, 2.45) is 11.8 Å². The zero-order valence-electron chi connectivity index (χ0n) is 8.53. The second kappa shape index (κ2) is 3.56. The molecule has 3 heteroatoms. The predicted octanol–water partition coefficient (Wildman–Crippen LogP) is 1.07. The van der Waals surface area contributed by atoms with Crippen molar-refractivity contribution in [1.29, 1.82) is 0 Å². The molecule has 0 spiro atoms. The Kier molecular flexibility index (Phi) is 2.58. The highest BCUT2D eigenvalue weighted by Gasteiger charge is 2.48. The van der Waals surface area contributed by atoms with Crippen LogP contribution in [0.5, 0.6) is 0 Å². The summed E-state index contributed by atoms with van der Waals surface area (Å²) in [4.78, 5) is 0. The van der Waals surface area contributed by atoms with Crippen LogP contribution in [0.1, 0.15) is 13.8 Å². The Morgan fingerprint density at radius 2 is 1.85 bits per heavy atom. The highest BCUT2D eigenvalue weighted by molar-refractivity contribution is 4.95. The van der Waals surface area contributed by atoms with Crippen LogP contribution in [-0.2, 0) is 14.2 Å². The van der Waals surface area contributed by atoms with Crippen LogP contribution < -0.4 is 0 Å². The van der Waals surface area contributed by atoms with Gasteiger partial charge in [0.1, 0.15) is 12.2 Å². The third-order valence-electron chi connectivity index (χ3n) is 3.21. The lowest BCUT2D eigenvalue weighted by Gasteiger charge is -2.18. The fourth-order valence-electron chi connectivity index (χ4n) is 2.27. The number of rotatable bonds is 2. The second-order valence-corrected chi connectivity index (χ2v) is 4.28. The van der Waals surface area contributed by atoms with Gasteiger partial charge in [-0.05, 0) is 5.92 Å². The Morgan fingerprint density at radius 1 is 1.15 bits per heavy atom. The SMILES string of the molecule is COC1COC2C(C(C)C)COC12. The molecule has 0 bridgehead atoms. The maximum absolute atomic E-state index is 5.70. The lowest BCUT2D eigenvalue weighted by atomic mass is 9.90. The number of hydrogen-bond acceptors (Lipinski definition) is 3. The molecule has 2 aliphatic heterocycles. The van der Waals surface area contributed by atoms with Gasteiger partial charge in [-0.1, -0.05) is 13.8 Å². The van der Waals surface area contributed by atoms with Crippen LogP contribution in [0.2, 0.25) is 0 Å². The topological polar surface area (TPSA) is 27.7 Å². The van der Waals surface area contributed by atoms with Crippen LogP contribution in [0.3, 0.4) is 0 Å². The molecule has 3 nitrogen and oxygen atoms in total. The minimum Gasteiger partial charge on any atom is -0.376 e. The molecule has 0 aromatic rings. The number of hydrogen-bond donors (Lipinski definition) is 0. The van der Waals surface area contributed by atoms with E-state index in [4.69, 9.17) is 14.2 Å². The van der Waals surface area contributed by atoms with E-state index in [-0.39, 0.29) is 18.3 Å². The van der Waals surface area contributed by atoms with E-state index >= 15 is 0 Å². The molecule has 4 unspecified atom stereocenters. The van der Waals surface area contributed by atoms with E-state index in [0.717, 1.165) is 6.61 Å². The van der Waals surface area contributed by atoms with Gasteiger partial charge in [0.15, 0.2) is 0 Å². The van der Waals surface area contributed by atoms with Gasteiger partial charge in [0.25, 0.3) is 0 Å².